The van der Waals surface area contributed by atoms with Crippen LogP contribution in [0.3, 0.4) is 0 Å². The van der Waals surface area contributed by atoms with Crippen molar-refractivity contribution in [1.82, 2.24) is 0 Å². The van der Waals surface area contributed by atoms with Gasteiger partial charge in [-0.3, -0.25) is 0 Å². The molecule has 4 rings (SSSR count). The van der Waals surface area contributed by atoms with Crippen molar-refractivity contribution in [3.8, 4) is 0 Å². The number of fused-ring (bicyclic) bond motifs is 2. The highest BCUT2D eigenvalue weighted by molar-refractivity contribution is 5.42. The van der Waals surface area contributed by atoms with Gasteiger partial charge in [0.2, 0.25) is 5.79 Å². The number of hydrogen-bond donors (Lipinski definition) is 5. The van der Waals surface area contributed by atoms with Crippen molar-refractivity contribution in [2.24, 2.45) is 0 Å². The van der Waals surface area contributed by atoms with E-state index in [0.717, 1.165) is 17.5 Å². The van der Waals surface area contributed by atoms with Crippen molar-refractivity contribution in [2.75, 3.05) is 6.61 Å². The summed E-state index contributed by atoms with van der Waals surface area (Å²) in [6, 6.07) is 12.9. The van der Waals surface area contributed by atoms with Crippen LogP contribution in [-0.4, -0.2) is 56.6 Å². The quantitative estimate of drug-likeness (QED) is 0.505. The average molecular weight is 402 g/mol. The summed E-state index contributed by atoms with van der Waals surface area (Å²) in [5, 5.41) is 51.4. The van der Waals surface area contributed by atoms with Crippen LogP contribution in [-0.2, 0) is 28.3 Å². The molecule has 0 aromatic heterocycles. The minimum absolute atomic E-state index is 0.134. The van der Waals surface area contributed by atoms with Crippen LogP contribution in [0.25, 0.3) is 0 Å². The van der Waals surface area contributed by atoms with E-state index in [2.05, 4.69) is 6.92 Å². The zero-order valence-corrected chi connectivity index (χ0v) is 16.1. The van der Waals surface area contributed by atoms with Crippen LogP contribution in [0.1, 0.15) is 40.8 Å². The largest absolute Gasteiger partial charge is 0.394 e. The molecule has 7 heteroatoms. The first-order valence-corrected chi connectivity index (χ1v) is 9.78. The normalized spacial score (nSPS) is 32.3. The molecule has 2 aliphatic heterocycles. The van der Waals surface area contributed by atoms with E-state index in [-0.39, 0.29) is 6.61 Å². The van der Waals surface area contributed by atoms with E-state index in [1.54, 1.807) is 18.2 Å². The predicted molar refractivity (Wildman–Crippen MR) is 103 cm³/mol. The second kappa shape index (κ2) is 7.77. The maximum Gasteiger partial charge on any atom is 0.225 e. The van der Waals surface area contributed by atoms with Gasteiger partial charge in [-0.05, 0) is 34.7 Å². The fraction of sp³-hybridized carbons (Fsp3) is 0.455. The molecule has 29 heavy (non-hydrogen) atoms. The Morgan fingerprint density at radius 1 is 1.03 bits per heavy atom. The van der Waals surface area contributed by atoms with Gasteiger partial charge in [0.25, 0.3) is 0 Å². The van der Waals surface area contributed by atoms with E-state index < -0.39 is 42.9 Å². The Balaban J connectivity index is 1.71. The molecule has 7 nitrogen and oxygen atoms in total. The topological polar surface area (TPSA) is 120 Å². The Morgan fingerprint density at radius 3 is 2.38 bits per heavy atom. The summed E-state index contributed by atoms with van der Waals surface area (Å²) in [5.74, 6) is -1.72. The maximum atomic E-state index is 10.9. The van der Waals surface area contributed by atoms with Gasteiger partial charge in [0, 0.05) is 5.56 Å². The van der Waals surface area contributed by atoms with E-state index in [9.17, 15) is 25.5 Å². The van der Waals surface area contributed by atoms with Gasteiger partial charge in [-0.2, -0.15) is 0 Å². The average Bonchev–Trinajstić information content (AvgIpc) is 3.13. The van der Waals surface area contributed by atoms with Gasteiger partial charge >= 0.3 is 0 Å². The number of aliphatic hydroxyl groups excluding tert-OH is 5. The van der Waals surface area contributed by atoms with Gasteiger partial charge in [-0.15, -0.1) is 0 Å². The molecule has 0 bridgehead atoms. The molecule has 2 aromatic carbocycles. The Kier molecular flexibility index (Phi) is 5.48. The predicted octanol–water partition coefficient (Wildman–Crippen LogP) is 0.487. The molecule has 156 valence electrons. The number of ether oxygens (including phenoxy) is 2. The fourth-order valence-electron chi connectivity index (χ4n) is 4.09. The molecule has 6 atom stereocenters. The fourth-order valence-corrected chi connectivity index (χ4v) is 4.09. The van der Waals surface area contributed by atoms with Gasteiger partial charge in [-0.1, -0.05) is 43.3 Å². The van der Waals surface area contributed by atoms with Crippen LogP contribution in [0.5, 0.6) is 0 Å². The molecular formula is C22H26O7. The molecule has 1 fully saturated rings. The molecule has 1 unspecified atom stereocenters. The Morgan fingerprint density at radius 2 is 1.72 bits per heavy atom. The van der Waals surface area contributed by atoms with E-state index in [1.165, 1.54) is 5.56 Å². The third-order valence-corrected chi connectivity index (χ3v) is 5.92. The molecule has 1 saturated heterocycles. The molecule has 0 radical (unpaired) electrons. The van der Waals surface area contributed by atoms with E-state index in [0.29, 0.717) is 11.1 Å². The van der Waals surface area contributed by atoms with Crippen LogP contribution in [0.2, 0.25) is 0 Å². The van der Waals surface area contributed by atoms with Gasteiger partial charge in [-0.25, -0.2) is 0 Å². The van der Waals surface area contributed by atoms with Crippen molar-refractivity contribution in [1.29, 1.82) is 0 Å². The minimum Gasteiger partial charge on any atom is -0.394 e. The number of benzene rings is 2. The summed E-state index contributed by atoms with van der Waals surface area (Å²) in [6.07, 6.45) is -5.66. The summed E-state index contributed by atoms with van der Waals surface area (Å²) < 4.78 is 11.5. The first-order valence-electron chi connectivity index (χ1n) is 9.78. The third-order valence-electron chi connectivity index (χ3n) is 5.92. The number of aliphatic hydroxyl groups is 5. The first kappa shape index (κ1) is 20.4. The lowest BCUT2D eigenvalue weighted by atomic mass is 9.86. The maximum absolute atomic E-state index is 10.9. The lowest BCUT2D eigenvalue weighted by Gasteiger charge is -2.46. The standard InChI is InChI=1S/C22H26O7/c1-2-12-3-5-13(6-4-12)18(24)14-7-8-15-11-28-22(16(15)9-14)21(27)20(26)19(25)17(10-23)29-22/h3-9,17-21,23-27H,2,10-11H2,1H3/t17-,18?,19-,20+,21-,22+/m1/s1. The van der Waals surface area contributed by atoms with Crippen molar-refractivity contribution in [3.63, 3.8) is 0 Å². The molecule has 2 aromatic rings. The number of aryl methyl sites for hydroxylation is 1. The summed E-state index contributed by atoms with van der Waals surface area (Å²) in [4.78, 5) is 0. The summed E-state index contributed by atoms with van der Waals surface area (Å²) >= 11 is 0. The molecule has 1 spiro atoms. The highest BCUT2D eigenvalue weighted by atomic mass is 16.7. The highest BCUT2D eigenvalue weighted by Gasteiger charge is 2.58. The van der Waals surface area contributed by atoms with Crippen LogP contribution >= 0.6 is 0 Å². The molecule has 0 aliphatic carbocycles. The molecule has 2 aliphatic rings. The summed E-state index contributed by atoms with van der Waals surface area (Å²) in [7, 11) is 0. The lowest BCUT2D eigenvalue weighted by molar-refractivity contribution is -0.368. The third kappa shape index (κ3) is 3.29. The molecule has 0 saturated carbocycles. The summed E-state index contributed by atoms with van der Waals surface area (Å²) in [5.41, 5.74) is 3.68. The van der Waals surface area contributed by atoms with Crippen molar-refractivity contribution >= 4 is 0 Å². The highest BCUT2D eigenvalue weighted by Crippen LogP contribution is 2.46. The SMILES string of the molecule is CCc1ccc(C(O)c2ccc3c(c2)[C@]2(OC3)O[C@H](CO)[C@@H](O)[C@H](O)[C@H]2O)cc1. The smallest absolute Gasteiger partial charge is 0.225 e. The van der Waals surface area contributed by atoms with Crippen molar-refractivity contribution in [2.45, 2.75) is 56.3 Å². The van der Waals surface area contributed by atoms with Crippen LogP contribution < -0.4 is 0 Å². The van der Waals surface area contributed by atoms with Crippen LogP contribution in [0, 0.1) is 0 Å². The Hall–Kier alpha value is -1.84. The Labute approximate surface area is 168 Å². The van der Waals surface area contributed by atoms with Crippen molar-refractivity contribution in [3.05, 3.63) is 70.3 Å². The van der Waals surface area contributed by atoms with Gasteiger partial charge in [0.1, 0.15) is 30.5 Å². The minimum atomic E-state index is -1.72. The van der Waals surface area contributed by atoms with Crippen molar-refractivity contribution < 1.29 is 35.0 Å². The second-order valence-electron chi connectivity index (χ2n) is 7.64. The van der Waals surface area contributed by atoms with Gasteiger partial charge in [0.05, 0.1) is 13.2 Å². The van der Waals surface area contributed by atoms with E-state index in [4.69, 9.17) is 9.47 Å². The zero-order valence-electron chi connectivity index (χ0n) is 16.1. The Bertz CT molecular complexity index is 866. The molecule has 2 heterocycles. The van der Waals surface area contributed by atoms with E-state index >= 15 is 0 Å². The molecule has 5 N–H and O–H groups in total. The molecule has 0 amide bonds. The monoisotopic (exact) mass is 402 g/mol. The zero-order chi connectivity index (χ0) is 20.8. The van der Waals surface area contributed by atoms with Crippen LogP contribution in [0.15, 0.2) is 42.5 Å². The van der Waals surface area contributed by atoms with E-state index in [1.807, 2.05) is 24.3 Å². The van der Waals surface area contributed by atoms with Crippen LogP contribution in [0.4, 0.5) is 0 Å². The van der Waals surface area contributed by atoms with Gasteiger partial charge in [0.15, 0.2) is 0 Å². The number of rotatable bonds is 4. The van der Waals surface area contributed by atoms with Gasteiger partial charge < -0.3 is 35.0 Å². The number of hydrogen-bond acceptors (Lipinski definition) is 7. The summed E-state index contributed by atoms with van der Waals surface area (Å²) in [6.45, 7) is 1.65. The second-order valence-corrected chi connectivity index (χ2v) is 7.64. The molecular weight excluding hydrogens is 376 g/mol. The lowest BCUT2D eigenvalue weighted by Crippen LogP contribution is -2.63. The first-order chi connectivity index (χ1) is 13.9.